The van der Waals surface area contributed by atoms with E-state index in [-0.39, 0.29) is 23.7 Å². The fourth-order valence-corrected chi connectivity index (χ4v) is 2.40. The maximum Gasteiger partial charge on any atom is 0.280 e. The third-order valence-electron chi connectivity index (χ3n) is 3.22. The van der Waals surface area contributed by atoms with Crippen molar-refractivity contribution in [3.63, 3.8) is 0 Å². The number of nitrogens with two attached hydrogens (primary N) is 1. The quantitative estimate of drug-likeness (QED) is 0.633. The summed E-state index contributed by atoms with van der Waals surface area (Å²) in [5, 5.41) is 9.53. The van der Waals surface area contributed by atoms with Crippen LogP contribution in [-0.4, -0.2) is 30.7 Å². The minimum absolute atomic E-state index is 0.0859. The highest BCUT2D eigenvalue weighted by molar-refractivity contribution is 5.70. The van der Waals surface area contributed by atoms with Gasteiger partial charge in [0.15, 0.2) is 11.2 Å². The Hall–Kier alpha value is -1.89. The average Bonchev–Trinajstić information content (AvgIpc) is 2.83. The number of anilines is 1. The van der Waals surface area contributed by atoms with E-state index < -0.39 is 0 Å². The van der Waals surface area contributed by atoms with Gasteiger partial charge >= 0.3 is 0 Å². The predicted octanol–water partition coefficient (Wildman–Crippen LogP) is -0.212. The molecule has 0 radical (unpaired) electrons. The van der Waals surface area contributed by atoms with Crippen molar-refractivity contribution < 1.29 is 5.11 Å². The van der Waals surface area contributed by atoms with Gasteiger partial charge in [-0.1, -0.05) is 0 Å². The van der Waals surface area contributed by atoms with Crippen LogP contribution in [0.2, 0.25) is 0 Å². The normalized spacial score (nSPS) is 24.5. The van der Waals surface area contributed by atoms with Crippen LogP contribution >= 0.6 is 0 Å². The van der Waals surface area contributed by atoms with Crippen molar-refractivity contribution >= 4 is 17.1 Å². The third-order valence-corrected chi connectivity index (χ3v) is 3.22. The van der Waals surface area contributed by atoms with Gasteiger partial charge in [0.25, 0.3) is 5.56 Å². The molecule has 0 unspecified atom stereocenters. The fraction of sp³-hybridized carbons (Fsp3) is 0.500. The first-order chi connectivity index (χ1) is 8.15. The lowest BCUT2D eigenvalue weighted by molar-refractivity contribution is 0.178. The highest BCUT2D eigenvalue weighted by atomic mass is 16.3. The maximum absolute atomic E-state index is 11.6. The van der Waals surface area contributed by atoms with Crippen molar-refractivity contribution in [1.82, 2.24) is 19.5 Å². The lowest BCUT2D eigenvalue weighted by atomic mass is 10.2. The lowest BCUT2D eigenvalue weighted by Crippen LogP contribution is -2.13. The van der Waals surface area contributed by atoms with Crippen LogP contribution in [-0.2, 0) is 0 Å². The Morgan fingerprint density at radius 3 is 3.06 bits per heavy atom. The number of H-pyrrole nitrogens is 1. The van der Waals surface area contributed by atoms with E-state index in [0.717, 1.165) is 12.8 Å². The van der Waals surface area contributed by atoms with Crippen LogP contribution in [0.5, 0.6) is 0 Å². The molecule has 2 atom stereocenters. The van der Waals surface area contributed by atoms with Crippen LogP contribution in [0.15, 0.2) is 11.1 Å². The van der Waals surface area contributed by atoms with Crippen molar-refractivity contribution in [3.8, 4) is 0 Å². The molecule has 0 saturated heterocycles. The second kappa shape index (κ2) is 3.56. The van der Waals surface area contributed by atoms with Crippen LogP contribution in [0.3, 0.4) is 0 Å². The molecule has 0 aromatic carbocycles. The molecule has 0 amide bonds. The van der Waals surface area contributed by atoms with Crippen LogP contribution in [0.1, 0.15) is 25.3 Å². The van der Waals surface area contributed by atoms with E-state index in [2.05, 4.69) is 15.0 Å². The van der Waals surface area contributed by atoms with Gasteiger partial charge in [-0.3, -0.25) is 9.78 Å². The minimum Gasteiger partial charge on any atom is -0.393 e. The number of aromatic nitrogens is 4. The number of fused-ring (bicyclic) bond motifs is 1. The molecule has 7 heteroatoms. The number of nitrogen functional groups attached to an aromatic ring is 1. The highest BCUT2D eigenvalue weighted by Crippen LogP contribution is 2.31. The molecular weight excluding hydrogens is 222 g/mol. The number of hydrogen-bond acceptors (Lipinski definition) is 5. The molecule has 1 saturated carbocycles. The molecule has 0 aliphatic heterocycles. The lowest BCUT2D eigenvalue weighted by Gasteiger charge is -2.11. The first-order valence-electron chi connectivity index (χ1n) is 5.55. The molecule has 90 valence electrons. The number of nitrogens with one attached hydrogen (secondary N) is 1. The van der Waals surface area contributed by atoms with Crippen molar-refractivity contribution in [2.24, 2.45) is 0 Å². The summed E-state index contributed by atoms with van der Waals surface area (Å²) in [6.45, 7) is 0. The molecule has 2 aromatic rings. The molecule has 1 aliphatic rings. The monoisotopic (exact) mass is 235 g/mol. The Labute approximate surface area is 96.3 Å². The number of nitrogens with zero attached hydrogens (tertiary/aromatic N) is 3. The summed E-state index contributed by atoms with van der Waals surface area (Å²) in [4.78, 5) is 22.2. The van der Waals surface area contributed by atoms with Gasteiger partial charge in [0.2, 0.25) is 5.95 Å². The van der Waals surface area contributed by atoms with Gasteiger partial charge in [-0.05, 0) is 19.3 Å². The largest absolute Gasteiger partial charge is 0.393 e. The number of imidazole rings is 1. The zero-order valence-electron chi connectivity index (χ0n) is 9.13. The van der Waals surface area contributed by atoms with Gasteiger partial charge in [0.05, 0.1) is 12.4 Å². The van der Waals surface area contributed by atoms with E-state index in [4.69, 9.17) is 5.73 Å². The van der Waals surface area contributed by atoms with E-state index in [1.54, 1.807) is 6.33 Å². The zero-order chi connectivity index (χ0) is 12.0. The summed E-state index contributed by atoms with van der Waals surface area (Å²) in [7, 11) is 0. The van der Waals surface area contributed by atoms with E-state index in [1.807, 2.05) is 4.57 Å². The summed E-state index contributed by atoms with van der Waals surface area (Å²) in [6.07, 6.45) is 3.61. The van der Waals surface area contributed by atoms with Crippen LogP contribution < -0.4 is 11.3 Å². The van der Waals surface area contributed by atoms with Gasteiger partial charge in [0.1, 0.15) is 0 Å². The number of hydrogen-bond donors (Lipinski definition) is 3. The maximum atomic E-state index is 11.6. The Morgan fingerprint density at radius 2 is 2.35 bits per heavy atom. The first kappa shape index (κ1) is 10.3. The molecule has 2 aromatic heterocycles. The number of rotatable bonds is 1. The molecule has 17 heavy (non-hydrogen) atoms. The first-order valence-corrected chi connectivity index (χ1v) is 5.55. The Kier molecular flexibility index (Phi) is 2.15. The Balaban J connectivity index is 2.15. The molecule has 1 fully saturated rings. The number of aliphatic hydroxyl groups excluding tert-OH is 1. The van der Waals surface area contributed by atoms with Crippen LogP contribution in [0, 0.1) is 0 Å². The fourth-order valence-electron chi connectivity index (χ4n) is 2.40. The molecule has 3 rings (SSSR count). The molecule has 1 aliphatic carbocycles. The third kappa shape index (κ3) is 1.59. The molecule has 0 bridgehead atoms. The predicted molar refractivity (Wildman–Crippen MR) is 61.5 cm³/mol. The van der Waals surface area contributed by atoms with Crippen molar-refractivity contribution in [3.05, 3.63) is 16.7 Å². The molecular formula is C10H13N5O2. The van der Waals surface area contributed by atoms with Gasteiger partial charge in [-0.2, -0.15) is 4.98 Å². The second-order valence-corrected chi connectivity index (χ2v) is 4.40. The van der Waals surface area contributed by atoms with Crippen LogP contribution in [0.25, 0.3) is 11.2 Å². The summed E-state index contributed by atoms with van der Waals surface area (Å²) in [6, 6.07) is 0.142. The van der Waals surface area contributed by atoms with E-state index >= 15 is 0 Å². The van der Waals surface area contributed by atoms with E-state index in [9.17, 15) is 9.90 Å². The average molecular weight is 235 g/mol. The van der Waals surface area contributed by atoms with E-state index in [0.29, 0.717) is 17.6 Å². The van der Waals surface area contributed by atoms with Gasteiger partial charge in [-0.25, -0.2) is 4.98 Å². The summed E-state index contributed by atoms with van der Waals surface area (Å²) in [5.41, 5.74) is 5.98. The highest BCUT2D eigenvalue weighted by Gasteiger charge is 2.26. The van der Waals surface area contributed by atoms with Gasteiger partial charge in [0, 0.05) is 6.04 Å². The molecule has 2 heterocycles. The molecule has 7 nitrogen and oxygen atoms in total. The summed E-state index contributed by atoms with van der Waals surface area (Å²) in [5.74, 6) is 0.0859. The smallest absolute Gasteiger partial charge is 0.280 e. The second-order valence-electron chi connectivity index (χ2n) is 4.40. The van der Waals surface area contributed by atoms with Crippen molar-refractivity contribution in [2.45, 2.75) is 31.4 Å². The van der Waals surface area contributed by atoms with Gasteiger partial charge < -0.3 is 15.4 Å². The topological polar surface area (TPSA) is 110 Å². The standard InChI is InChI=1S/C10H13N5O2/c11-10-13-8-7(9(17)14-10)12-4-15(8)5-1-2-6(16)3-5/h4-6,16H,1-3H2,(H3,11,13,14,17)/t5-,6-/m0/s1. The zero-order valence-corrected chi connectivity index (χ0v) is 9.13. The van der Waals surface area contributed by atoms with Crippen LogP contribution in [0.4, 0.5) is 5.95 Å². The van der Waals surface area contributed by atoms with Gasteiger partial charge in [-0.15, -0.1) is 0 Å². The minimum atomic E-state index is -0.329. The Bertz CT molecular complexity index is 617. The Morgan fingerprint density at radius 1 is 1.53 bits per heavy atom. The SMILES string of the molecule is Nc1nc2c(ncn2[C@H]2CC[C@H](O)C2)c(=O)[nH]1. The number of aliphatic hydroxyl groups is 1. The number of aromatic amines is 1. The van der Waals surface area contributed by atoms with E-state index in [1.165, 1.54) is 0 Å². The van der Waals surface area contributed by atoms with Crippen molar-refractivity contribution in [2.75, 3.05) is 5.73 Å². The summed E-state index contributed by atoms with van der Waals surface area (Å²) < 4.78 is 1.83. The van der Waals surface area contributed by atoms with Crippen molar-refractivity contribution in [1.29, 1.82) is 0 Å². The molecule has 4 N–H and O–H groups in total. The molecule has 0 spiro atoms. The summed E-state index contributed by atoms with van der Waals surface area (Å²) >= 11 is 0.